The predicted octanol–water partition coefficient (Wildman–Crippen LogP) is 2.53. The van der Waals surface area contributed by atoms with Gasteiger partial charge in [0.1, 0.15) is 5.82 Å². The largest absolute Gasteiger partial charge is 0.451 e. The summed E-state index contributed by atoms with van der Waals surface area (Å²) in [6.07, 6.45) is 0. The topological polar surface area (TPSA) is 92.4 Å². The smallest absolute Gasteiger partial charge is 0.359 e. The van der Waals surface area contributed by atoms with Gasteiger partial charge in [0.05, 0.1) is 5.39 Å². The second-order valence-electron chi connectivity index (χ2n) is 5.97. The molecule has 3 rings (SSSR count). The molecule has 3 aromatic rings. The number of H-pyrrole nitrogens is 1. The van der Waals surface area contributed by atoms with Gasteiger partial charge in [-0.05, 0) is 18.2 Å². The van der Waals surface area contributed by atoms with Crippen LogP contribution in [0.15, 0.2) is 47.3 Å². The van der Waals surface area contributed by atoms with E-state index in [0.717, 1.165) is 0 Å². The summed E-state index contributed by atoms with van der Waals surface area (Å²) in [5.74, 6) is -1.95. The molecule has 0 saturated heterocycles. The summed E-state index contributed by atoms with van der Waals surface area (Å²) < 4.78 is 18.9. The molecule has 0 unspecified atom stereocenters. The Kier molecular flexibility index (Phi) is 5.70. The van der Waals surface area contributed by atoms with Crippen molar-refractivity contribution in [1.82, 2.24) is 15.1 Å². The van der Waals surface area contributed by atoms with E-state index in [1.807, 2.05) is 0 Å². The van der Waals surface area contributed by atoms with Gasteiger partial charge in [-0.25, -0.2) is 14.3 Å². The van der Waals surface area contributed by atoms with Crippen molar-refractivity contribution in [3.63, 3.8) is 0 Å². The van der Waals surface area contributed by atoms with E-state index in [2.05, 4.69) is 10.2 Å². The molecule has 1 N–H and O–H groups in total. The standard InChI is InChI=1S/C19H15ClFN3O4/c1-24(9-13-14(20)7-4-8-15(13)21)16(25)10-28-19(27)17-11-5-2-3-6-12(11)18(26)23-22-17/h2-8H,9-10H2,1H3,(H,23,26). The SMILES string of the molecule is CN(Cc1c(F)cccc1Cl)C(=O)COC(=O)c1n[nH]c(=O)c2ccccc12. The van der Waals surface area contributed by atoms with Gasteiger partial charge >= 0.3 is 5.97 Å². The van der Waals surface area contributed by atoms with Gasteiger partial charge in [-0.2, -0.15) is 5.10 Å². The van der Waals surface area contributed by atoms with Crippen LogP contribution in [-0.2, 0) is 16.1 Å². The summed E-state index contributed by atoms with van der Waals surface area (Å²) >= 11 is 5.95. The fraction of sp³-hybridized carbons (Fsp3) is 0.158. The fourth-order valence-corrected chi connectivity index (χ4v) is 2.81. The minimum absolute atomic E-state index is 0.0816. The van der Waals surface area contributed by atoms with Crippen LogP contribution in [0.2, 0.25) is 5.02 Å². The molecule has 0 atom stereocenters. The Morgan fingerprint density at radius 2 is 1.89 bits per heavy atom. The summed E-state index contributed by atoms with van der Waals surface area (Å²) in [4.78, 5) is 37.5. The van der Waals surface area contributed by atoms with Gasteiger partial charge in [0.15, 0.2) is 12.3 Å². The Balaban J connectivity index is 1.69. The van der Waals surface area contributed by atoms with Gasteiger partial charge in [-0.3, -0.25) is 9.59 Å². The first-order valence-electron chi connectivity index (χ1n) is 8.20. The van der Waals surface area contributed by atoms with Crippen molar-refractivity contribution in [2.24, 2.45) is 0 Å². The van der Waals surface area contributed by atoms with Crippen LogP contribution < -0.4 is 5.56 Å². The number of rotatable bonds is 5. The van der Waals surface area contributed by atoms with Gasteiger partial charge in [0, 0.05) is 29.6 Å². The molecule has 9 heteroatoms. The molecule has 0 saturated carbocycles. The Morgan fingerprint density at radius 1 is 1.18 bits per heavy atom. The summed E-state index contributed by atoms with van der Waals surface area (Å²) in [6.45, 7) is -0.654. The number of hydrogen-bond donors (Lipinski definition) is 1. The second-order valence-corrected chi connectivity index (χ2v) is 6.38. The highest BCUT2D eigenvalue weighted by atomic mass is 35.5. The molecule has 1 amide bonds. The quantitative estimate of drug-likeness (QED) is 0.661. The van der Waals surface area contributed by atoms with Gasteiger partial charge in [-0.15, -0.1) is 0 Å². The normalized spacial score (nSPS) is 10.7. The number of carbonyl (C=O) groups is 2. The van der Waals surface area contributed by atoms with Gasteiger partial charge in [0.2, 0.25) is 0 Å². The third-order valence-electron chi connectivity index (χ3n) is 4.10. The predicted molar refractivity (Wildman–Crippen MR) is 101 cm³/mol. The number of likely N-dealkylation sites (N-methyl/N-ethyl adjacent to an activating group) is 1. The maximum absolute atomic E-state index is 13.8. The highest BCUT2D eigenvalue weighted by molar-refractivity contribution is 6.31. The number of aromatic nitrogens is 2. The molecule has 0 spiro atoms. The highest BCUT2D eigenvalue weighted by Gasteiger charge is 2.19. The van der Waals surface area contributed by atoms with Crippen molar-refractivity contribution in [3.8, 4) is 0 Å². The zero-order valence-corrected chi connectivity index (χ0v) is 15.5. The molecule has 0 bridgehead atoms. The van der Waals surface area contributed by atoms with E-state index in [0.29, 0.717) is 5.39 Å². The van der Waals surface area contributed by atoms with Crippen LogP contribution >= 0.6 is 11.6 Å². The number of hydrogen-bond acceptors (Lipinski definition) is 5. The fourth-order valence-electron chi connectivity index (χ4n) is 2.58. The Hall–Kier alpha value is -3.26. The Labute approximate surface area is 163 Å². The summed E-state index contributed by atoms with van der Waals surface area (Å²) in [5, 5.41) is 6.73. The van der Waals surface area contributed by atoms with Crippen LogP contribution in [-0.4, -0.2) is 40.6 Å². The molecule has 28 heavy (non-hydrogen) atoms. The maximum atomic E-state index is 13.8. The lowest BCUT2D eigenvalue weighted by Crippen LogP contribution is -2.31. The van der Waals surface area contributed by atoms with Gasteiger partial charge in [0.25, 0.3) is 11.5 Å². The minimum atomic E-state index is -0.863. The molecular weight excluding hydrogens is 389 g/mol. The number of amides is 1. The third kappa shape index (κ3) is 4.01. The van der Waals surface area contributed by atoms with Crippen LogP contribution in [0, 0.1) is 5.82 Å². The number of esters is 1. The zero-order chi connectivity index (χ0) is 20.3. The third-order valence-corrected chi connectivity index (χ3v) is 4.45. The number of fused-ring (bicyclic) bond motifs is 1. The van der Waals surface area contributed by atoms with E-state index in [1.165, 1.54) is 30.1 Å². The second kappa shape index (κ2) is 8.18. The van der Waals surface area contributed by atoms with E-state index < -0.39 is 29.9 Å². The molecule has 0 aliphatic rings. The van der Waals surface area contributed by atoms with Crippen molar-refractivity contribution in [1.29, 1.82) is 0 Å². The lowest BCUT2D eigenvalue weighted by Gasteiger charge is -2.18. The van der Waals surface area contributed by atoms with Crippen LogP contribution in [0.1, 0.15) is 16.1 Å². The number of carbonyl (C=O) groups excluding carboxylic acids is 2. The van der Waals surface area contributed by atoms with Gasteiger partial charge in [-0.1, -0.05) is 35.9 Å². The highest BCUT2D eigenvalue weighted by Crippen LogP contribution is 2.20. The number of nitrogens with zero attached hydrogens (tertiary/aromatic N) is 2. The van der Waals surface area contributed by atoms with Crippen molar-refractivity contribution < 1.29 is 18.7 Å². The summed E-state index contributed by atoms with van der Waals surface area (Å²) in [5.41, 5.74) is -0.382. The Morgan fingerprint density at radius 3 is 2.61 bits per heavy atom. The first kappa shape index (κ1) is 19.5. The average Bonchev–Trinajstić information content (AvgIpc) is 2.69. The van der Waals surface area contributed by atoms with Crippen LogP contribution in [0.3, 0.4) is 0 Å². The molecule has 1 aromatic heterocycles. The molecule has 2 aromatic carbocycles. The van der Waals surface area contributed by atoms with E-state index in [1.54, 1.807) is 24.3 Å². The number of aromatic amines is 1. The molecule has 0 aliphatic heterocycles. The summed E-state index contributed by atoms with van der Waals surface area (Å²) in [7, 11) is 1.44. The maximum Gasteiger partial charge on any atom is 0.359 e. The van der Waals surface area contributed by atoms with Crippen LogP contribution in [0.4, 0.5) is 4.39 Å². The number of benzene rings is 2. The van der Waals surface area contributed by atoms with Crippen molar-refractivity contribution in [2.75, 3.05) is 13.7 Å². The van der Waals surface area contributed by atoms with Crippen molar-refractivity contribution >= 4 is 34.2 Å². The van der Waals surface area contributed by atoms with Crippen LogP contribution in [0.5, 0.6) is 0 Å². The first-order chi connectivity index (χ1) is 13.4. The van der Waals surface area contributed by atoms with E-state index in [9.17, 15) is 18.8 Å². The number of nitrogens with one attached hydrogen (secondary N) is 1. The zero-order valence-electron chi connectivity index (χ0n) is 14.7. The molecular formula is C19H15ClFN3O4. The Bertz CT molecular complexity index is 1100. The van der Waals surface area contributed by atoms with E-state index in [-0.39, 0.29) is 28.2 Å². The van der Waals surface area contributed by atoms with Crippen molar-refractivity contribution in [3.05, 3.63) is 74.9 Å². The lowest BCUT2D eigenvalue weighted by atomic mass is 10.1. The van der Waals surface area contributed by atoms with E-state index >= 15 is 0 Å². The first-order valence-corrected chi connectivity index (χ1v) is 8.57. The monoisotopic (exact) mass is 403 g/mol. The molecule has 1 heterocycles. The lowest BCUT2D eigenvalue weighted by molar-refractivity contribution is -0.133. The summed E-state index contributed by atoms with van der Waals surface area (Å²) in [6, 6.07) is 10.6. The molecule has 0 radical (unpaired) electrons. The molecule has 0 fully saturated rings. The molecule has 7 nitrogen and oxygen atoms in total. The minimum Gasteiger partial charge on any atom is -0.451 e. The number of ether oxygens (including phenoxy) is 1. The molecule has 144 valence electrons. The number of halogens is 2. The van der Waals surface area contributed by atoms with Crippen LogP contribution in [0.25, 0.3) is 10.8 Å². The van der Waals surface area contributed by atoms with Gasteiger partial charge < -0.3 is 9.64 Å². The average molecular weight is 404 g/mol. The molecule has 0 aliphatic carbocycles. The van der Waals surface area contributed by atoms with E-state index in [4.69, 9.17) is 16.3 Å². The van der Waals surface area contributed by atoms with Crippen molar-refractivity contribution in [2.45, 2.75) is 6.54 Å².